The van der Waals surface area contributed by atoms with E-state index in [1.807, 2.05) is 6.92 Å². The largest absolute Gasteiger partial charge is 0.361 e. The fourth-order valence-corrected chi connectivity index (χ4v) is 1.47. The molecular weight excluding hydrogens is 208 g/mol. The molecule has 2 aromatic rings. The smallest absolute Gasteiger partial charge is 0.262 e. The summed E-state index contributed by atoms with van der Waals surface area (Å²) >= 11 is 0. The molecule has 0 spiro atoms. The van der Waals surface area contributed by atoms with E-state index in [1.165, 1.54) is 0 Å². The average Bonchev–Trinajstić information content (AvgIpc) is 2.74. The number of carbonyl (C=O) groups is 1. The maximum absolute atomic E-state index is 11.9. The second-order valence-electron chi connectivity index (χ2n) is 3.59. The molecule has 0 unspecified atom stereocenters. The van der Waals surface area contributed by atoms with Gasteiger partial charge in [0.15, 0.2) is 5.82 Å². The maximum Gasteiger partial charge on any atom is 0.262 e. The first-order valence-corrected chi connectivity index (χ1v) is 4.84. The normalized spacial score (nSPS) is 10.4. The van der Waals surface area contributed by atoms with Crippen LogP contribution >= 0.6 is 0 Å². The predicted octanol–water partition coefficient (Wildman–Crippen LogP) is 1.58. The number of amides is 1. The second-order valence-corrected chi connectivity index (χ2v) is 3.59. The molecule has 0 saturated carbocycles. The Morgan fingerprint density at radius 3 is 2.69 bits per heavy atom. The summed E-state index contributed by atoms with van der Waals surface area (Å²) in [6, 6.07) is 1.75. The molecule has 1 amide bonds. The maximum atomic E-state index is 11.9. The van der Waals surface area contributed by atoms with E-state index in [1.54, 1.807) is 19.9 Å². The van der Waals surface area contributed by atoms with E-state index in [-0.39, 0.29) is 5.91 Å². The van der Waals surface area contributed by atoms with Crippen molar-refractivity contribution in [2.24, 2.45) is 0 Å². The molecular formula is C10H12N4O2. The number of nitrogens with one attached hydrogen (secondary N) is 2. The molecule has 0 saturated heterocycles. The van der Waals surface area contributed by atoms with Gasteiger partial charge in [-0.3, -0.25) is 9.89 Å². The monoisotopic (exact) mass is 220 g/mol. The highest BCUT2D eigenvalue weighted by Gasteiger charge is 2.18. The van der Waals surface area contributed by atoms with Crippen LogP contribution in [-0.2, 0) is 0 Å². The predicted molar refractivity (Wildman–Crippen MR) is 57.3 cm³/mol. The number of H-pyrrole nitrogens is 1. The molecule has 6 heteroatoms. The number of aryl methyl sites for hydroxylation is 3. The molecule has 2 heterocycles. The Labute approximate surface area is 92.0 Å². The van der Waals surface area contributed by atoms with E-state index in [2.05, 4.69) is 20.7 Å². The van der Waals surface area contributed by atoms with Crippen LogP contribution in [0.5, 0.6) is 0 Å². The molecule has 0 aliphatic carbocycles. The van der Waals surface area contributed by atoms with Gasteiger partial charge < -0.3 is 9.84 Å². The van der Waals surface area contributed by atoms with E-state index in [4.69, 9.17) is 4.52 Å². The fourth-order valence-electron chi connectivity index (χ4n) is 1.47. The van der Waals surface area contributed by atoms with Crippen LogP contribution in [0, 0.1) is 20.8 Å². The standard InChI is InChI=1S/C10H12N4O2/c1-5-4-8(13-12-5)11-10(15)9-6(2)14-16-7(9)3/h4H,1-3H3,(H2,11,12,13,15). The summed E-state index contributed by atoms with van der Waals surface area (Å²) in [5.74, 6) is 0.729. The highest BCUT2D eigenvalue weighted by atomic mass is 16.5. The van der Waals surface area contributed by atoms with Crippen LogP contribution in [-0.4, -0.2) is 21.3 Å². The van der Waals surface area contributed by atoms with Crippen molar-refractivity contribution in [3.63, 3.8) is 0 Å². The van der Waals surface area contributed by atoms with Crippen LogP contribution in [0.4, 0.5) is 5.82 Å². The molecule has 2 N–H and O–H groups in total. The van der Waals surface area contributed by atoms with Gasteiger partial charge in [-0.1, -0.05) is 5.16 Å². The Bertz CT molecular complexity index is 507. The van der Waals surface area contributed by atoms with Crippen molar-refractivity contribution >= 4 is 11.7 Å². The molecule has 0 aliphatic heterocycles. The van der Waals surface area contributed by atoms with E-state index in [0.717, 1.165) is 5.69 Å². The van der Waals surface area contributed by atoms with Gasteiger partial charge in [-0.15, -0.1) is 0 Å². The van der Waals surface area contributed by atoms with Crippen molar-refractivity contribution in [1.82, 2.24) is 15.4 Å². The van der Waals surface area contributed by atoms with Crippen molar-refractivity contribution < 1.29 is 9.32 Å². The van der Waals surface area contributed by atoms with E-state index >= 15 is 0 Å². The minimum absolute atomic E-state index is 0.261. The fraction of sp³-hybridized carbons (Fsp3) is 0.300. The van der Waals surface area contributed by atoms with Crippen molar-refractivity contribution in [1.29, 1.82) is 0 Å². The molecule has 16 heavy (non-hydrogen) atoms. The van der Waals surface area contributed by atoms with E-state index in [9.17, 15) is 4.79 Å². The summed E-state index contributed by atoms with van der Waals surface area (Å²) in [5, 5.41) is 13.0. The molecule has 0 fully saturated rings. The quantitative estimate of drug-likeness (QED) is 0.804. The van der Waals surface area contributed by atoms with Crippen LogP contribution in [0.3, 0.4) is 0 Å². The number of aromatic nitrogens is 3. The Balaban J connectivity index is 2.21. The lowest BCUT2D eigenvalue weighted by Crippen LogP contribution is -2.13. The average molecular weight is 220 g/mol. The Morgan fingerprint density at radius 2 is 2.19 bits per heavy atom. The SMILES string of the molecule is Cc1cc(NC(=O)c2c(C)noc2C)n[nH]1. The van der Waals surface area contributed by atoms with Gasteiger partial charge >= 0.3 is 0 Å². The van der Waals surface area contributed by atoms with Crippen molar-refractivity contribution in [2.75, 3.05) is 5.32 Å². The first kappa shape index (κ1) is 10.4. The lowest BCUT2D eigenvalue weighted by Gasteiger charge is -1.99. The zero-order valence-electron chi connectivity index (χ0n) is 9.29. The Hall–Kier alpha value is -2.11. The van der Waals surface area contributed by atoms with Crippen LogP contribution in [0.15, 0.2) is 10.6 Å². The van der Waals surface area contributed by atoms with E-state index in [0.29, 0.717) is 22.8 Å². The molecule has 0 bridgehead atoms. The molecule has 84 valence electrons. The molecule has 0 aromatic carbocycles. The summed E-state index contributed by atoms with van der Waals surface area (Å²) in [6.45, 7) is 5.28. The zero-order chi connectivity index (χ0) is 11.7. The Morgan fingerprint density at radius 1 is 1.44 bits per heavy atom. The van der Waals surface area contributed by atoms with Crippen LogP contribution < -0.4 is 5.32 Å². The number of carbonyl (C=O) groups excluding carboxylic acids is 1. The summed E-state index contributed by atoms with van der Waals surface area (Å²) in [6.07, 6.45) is 0. The summed E-state index contributed by atoms with van der Waals surface area (Å²) in [4.78, 5) is 11.9. The molecule has 0 aliphatic rings. The van der Waals surface area contributed by atoms with Crippen LogP contribution in [0.25, 0.3) is 0 Å². The molecule has 6 nitrogen and oxygen atoms in total. The van der Waals surface area contributed by atoms with Crippen molar-refractivity contribution in [3.05, 3.63) is 28.8 Å². The third kappa shape index (κ3) is 1.81. The number of rotatable bonds is 2. The Kier molecular flexibility index (Phi) is 2.47. The molecule has 0 radical (unpaired) electrons. The number of anilines is 1. The number of hydrogen-bond donors (Lipinski definition) is 2. The first-order valence-electron chi connectivity index (χ1n) is 4.84. The van der Waals surface area contributed by atoms with Gasteiger partial charge in [0.2, 0.25) is 0 Å². The summed E-state index contributed by atoms with van der Waals surface area (Å²) in [5.41, 5.74) is 1.91. The summed E-state index contributed by atoms with van der Waals surface area (Å²) < 4.78 is 4.92. The molecule has 2 rings (SSSR count). The van der Waals surface area contributed by atoms with Gasteiger partial charge in [-0.25, -0.2) is 0 Å². The van der Waals surface area contributed by atoms with Gasteiger partial charge in [-0.2, -0.15) is 5.10 Å². The third-order valence-electron chi connectivity index (χ3n) is 2.21. The van der Waals surface area contributed by atoms with Crippen molar-refractivity contribution in [2.45, 2.75) is 20.8 Å². The highest BCUT2D eigenvalue weighted by Crippen LogP contribution is 2.14. The minimum Gasteiger partial charge on any atom is -0.361 e. The van der Waals surface area contributed by atoms with Gasteiger partial charge in [0, 0.05) is 11.8 Å². The number of aromatic amines is 1. The van der Waals surface area contributed by atoms with Gasteiger partial charge in [0.1, 0.15) is 11.3 Å². The molecule has 0 atom stereocenters. The first-order chi connectivity index (χ1) is 7.58. The van der Waals surface area contributed by atoms with Gasteiger partial charge in [0.05, 0.1) is 5.69 Å². The van der Waals surface area contributed by atoms with Gasteiger partial charge in [0.25, 0.3) is 5.91 Å². The lowest BCUT2D eigenvalue weighted by atomic mass is 10.2. The van der Waals surface area contributed by atoms with Crippen LogP contribution in [0.1, 0.15) is 27.5 Å². The zero-order valence-corrected chi connectivity index (χ0v) is 9.29. The van der Waals surface area contributed by atoms with E-state index < -0.39 is 0 Å². The molecule has 2 aromatic heterocycles. The topological polar surface area (TPSA) is 83.8 Å². The number of nitrogens with zero attached hydrogens (tertiary/aromatic N) is 2. The summed E-state index contributed by atoms with van der Waals surface area (Å²) in [7, 11) is 0. The highest BCUT2D eigenvalue weighted by molar-refractivity contribution is 6.05. The van der Waals surface area contributed by atoms with Crippen LogP contribution in [0.2, 0.25) is 0 Å². The van der Waals surface area contributed by atoms with Crippen molar-refractivity contribution in [3.8, 4) is 0 Å². The second kappa shape index (κ2) is 3.80. The lowest BCUT2D eigenvalue weighted by molar-refractivity contribution is 0.102. The third-order valence-corrected chi connectivity index (χ3v) is 2.21. The number of hydrogen-bond acceptors (Lipinski definition) is 4. The minimum atomic E-state index is -0.261. The van der Waals surface area contributed by atoms with Gasteiger partial charge in [-0.05, 0) is 20.8 Å².